The van der Waals surface area contributed by atoms with Gasteiger partial charge in [-0.05, 0) is 37.5 Å². The molecule has 7 nitrogen and oxygen atoms in total. The average molecular weight is 374 g/mol. The van der Waals surface area contributed by atoms with E-state index in [9.17, 15) is 9.90 Å². The summed E-state index contributed by atoms with van der Waals surface area (Å²) in [5.41, 5.74) is 1.43. The van der Waals surface area contributed by atoms with Crippen molar-refractivity contribution in [3.8, 4) is 0 Å². The van der Waals surface area contributed by atoms with Gasteiger partial charge < -0.3 is 19.3 Å². The third kappa shape index (κ3) is 5.15. The van der Waals surface area contributed by atoms with Crippen molar-refractivity contribution in [3.63, 3.8) is 0 Å². The molecule has 1 aromatic heterocycles. The van der Waals surface area contributed by atoms with Gasteiger partial charge in [-0.3, -0.25) is 0 Å². The molecule has 2 aromatic rings. The number of carbonyl (C=O) groups is 1. The molecule has 1 N–H and O–H groups in total. The lowest BCUT2D eigenvalue weighted by Gasteiger charge is -2.34. The minimum Gasteiger partial charge on any atom is -0.458 e. The van der Waals surface area contributed by atoms with Crippen molar-refractivity contribution in [3.05, 3.63) is 53.9 Å². The predicted molar refractivity (Wildman–Crippen MR) is 98.3 cm³/mol. The molecule has 1 aromatic carbocycles. The van der Waals surface area contributed by atoms with Crippen molar-refractivity contribution >= 4 is 5.97 Å². The molecule has 1 heterocycles. The minimum absolute atomic E-state index is 0.130. The van der Waals surface area contributed by atoms with Crippen LogP contribution in [0.1, 0.15) is 41.2 Å². The number of benzene rings is 1. The van der Waals surface area contributed by atoms with E-state index in [1.165, 1.54) is 0 Å². The van der Waals surface area contributed by atoms with Gasteiger partial charge in [-0.1, -0.05) is 18.2 Å². The maximum atomic E-state index is 12.5. The molecule has 146 valence electrons. The second kappa shape index (κ2) is 9.64. The fraction of sp³-hybridized carbons (Fsp3) is 0.500. The quantitative estimate of drug-likeness (QED) is 0.564. The molecule has 0 bridgehead atoms. The van der Waals surface area contributed by atoms with Gasteiger partial charge in [0.2, 0.25) is 0 Å². The largest absolute Gasteiger partial charge is 0.458 e. The van der Waals surface area contributed by atoms with Crippen molar-refractivity contribution in [2.24, 2.45) is 0 Å². The van der Waals surface area contributed by atoms with E-state index >= 15 is 0 Å². The number of aromatic nitrogens is 2. The van der Waals surface area contributed by atoms with Crippen LogP contribution in [0.15, 0.2) is 42.6 Å². The van der Waals surface area contributed by atoms with E-state index in [2.05, 4.69) is 5.10 Å². The number of hydrogen-bond donors (Lipinski definition) is 1. The molecule has 1 aliphatic rings. The molecular formula is C20H26N2O5. The molecule has 1 fully saturated rings. The van der Waals surface area contributed by atoms with Gasteiger partial charge in [-0.15, -0.1) is 0 Å². The highest BCUT2D eigenvalue weighted by Crippen LogP contribution is 2.35. The van der Waals surface area contributed by atoms with Crippen LogP contribution in [0, 0.1) is 0 Å². The molecule has 1 saturated carbocycles. The Morgan fingerprint density at radius 1 is 1.22 bits per heavy atom. The van der Waals surface area contributed by atoms with E-state index in [0.717, 1.165) is 5.69 Å². The minimum atomic E-state index is -0.417. The Morgan fingerprint density at radius 2 is 2.04 bits per heavy atom. The number of carbonyl (C=O) groups excluding carboxylic acids is 1. The van der Waals surface area contributed by atoms with Crippen LogP contribution in [0.3, 0.4) is 0 Å². The normalized spacial score (nSPS) is 22.5. The Bertz CT molecular complexity index is 718. The zero-order valence-electron chi connectivity index (χ0n) is 15.5. The van der Waals surface area contributed by atoms with Crippen molar-refractivity contribution in [1.29, 1.82) is 0 Å². The van der Waals surface area contributed by atoms with Gasteiger partial charge in [0.15, 0.2) is 0 Å². The molecule has 0 radical (unpaired) electrons. The number of rotatable bonds is 8. The fourth-order valence-electron chi connectivity index (χ4n) is 3.41. The average Bonchev–Trinajstić information content (AvgIpc) is 3.15. The second-order valence-corrected chi connectivity index (χ2v) is 6.67. The molecule has 0 aliphatic heterocycles. The first-order chi connectivity index (χ1) is 13.2. The molecule has 3 rings (SSSR count). The molecule has 3 unspecified atom stereocenters. The van der Waals surface area contributed by atoms with Gasteiger partial charge in [0, 0.05) is 24.9 Å². The molecular weight excluding hydrogens is 348 g/mol. The summed E-state index contributed by atoms with van der Waals surface area (Å²) >= 11 is 0. The molecule has 3 atom stereocenters. The lowest BCUT2D eigenvalue weighted by molar-refractivity contribution is -0.0105. The number of aliphatic hydroxyl groups is 1. The van der Waals surface area contributed by atoms with Crippen LogP contribution in [0.25, 0.3) is 0 Å². The molecule has 27 heavy (non-hydrogen) atoms. The van der Waals surface area contributed by atoms with E-state index in [1.54, 1.807) is 30.1 Å². The maximum Gasteiger partial charge on any atom is 0.338 e. The van der Waals surface area contributed by atoms with Crippen molar-refractivity contribution in [1.82, 2.24) is 9.78 Å². The van der Waals surface area contributed by atoms with E-state index in [0.29, 0.717) is 38.0 Å². The second-order valence-electron chi connectivity index (χ2n) is 6.67. The summed E-state index contributed by atoms with van der Waals surface area (Å²) in [7, 11) is 1.62. The number of aliphatic hydroxyl groups excluding tert-OH is 1. The first-order valence-electron chi connectivity index (χ1n) is 9.21. The summed E-state index contributed by atoms with van der Waals surface area (Å²) in [5.74, 6) is -0.473. The van der Waals surface area contributed by atoms with Gasteiger partial charge in [0.1, 0.15) is 12.8 Å². The number of methoxy groups -OCH3 is 1. The van der Waals surface area contributed by atoms with Crippen LogP contribution < -0.4 is 0 Å². The highest BCUT2D eigenvalue weighted by molar-refractivity contribution is 5.89. The zero-order chi connectivity index (χ0) is 19.1. The first kappa shape index (κ1) is 19.5. The van der Waals surface area contributed by atoms with Crippen LogP contribution in [0.5, 0.6) is 0 Å². The lowest BCUT2D eigenvalue weighted by atomic mass is 9.82. The predicted octanol–water partition coefficient (Wildman–Crippen LogP) is 2.36. The topological polar surface area (TPSA) is 82.8 Å². The molecule has 7 heteroatoms. The number of ether oxygens (including phenoxy) is 3. The van der Waals surface area contributed by atoms with Crippen LogP contribution in [-0.4, -0.2) is 53.4 Å². The maximum absolute atomic E-state index is 12.5. The standard InChI is InChI=1S/C20H26N2O5/c1-25-11-12-26-14-22-18(9-10-21-22)17-13-16(23)7-8-19(17)27-20(24)15-5-3-2-4-6-15/h2-6,9-10,16-17,19,23H,7-8,11-14H2,1H3. The summed E-state index contributed by atoms with van der Waals surface area (Å²) in [6, 6.07) is 10.9. The molecule has 0 spiro atoms. The van der Waals surface area contributed by atoms with Gasteiger partial charge in [-0.25, -0.2) is 9.48 Å². The Balaban J connectivity index is 1.71. The van der Waals surface area contributed by atoms with Gasteiger partial charge in [0.05, 0.1) is 24.9 Å². The third-order valence-electron chi connectivity index (χ3n) is 4.80. The van der Waals surface area contributed by atoms with E-state index < -0.39 is 6.10 Å². The van der Waals surface area contributed by atoms with Gasteiger partial charge in [0.25, 0.3) is 0 Å². The summed E-state index contributed by atoms with van der Waals surface area (Å²) in [4.78, 5) is 12.5. The Hall–Kier alpha value is -2.22. The van der Waals surface area contributed by atoms with Gasteiger partial charge in [-0.2, -0.15) is 5.10 Å². The van der Waals surface area contributed by atoms with Gasteiger partial charge >= 0.3 is 5.97 Å². The van der Waals surface area contributed by atoms with E-state index in [1.807, 2.05) is 24.3 Å². The lowest BCUT2D eigenvalue weighted by Crippen LogP contribution is -2.35. The van der Waals surface area contributed by atoms with Crippen LogP contribution in [0.4, 0.5) is 0 Å². The van der Waals surface area contributed by atoms with Crippen LogP contribution in [0.2, 0.25) is 0 Å². The third-order valence-corrected chi connectivity index (χ3v) is 4.80. The van der Waals surface area contributed by atoms with E-state index in [-0.39, 0.29) is 24.7 Å². The van der Waals surface area contributed by atoms with Crippen molar-refractivity contribution in [2.45, 2.75) is 44.1 Å². The summed E-state index contributed by atoms with van der Waals surface area (Å²) in [6.45, 7) is 1.27. The van der Waals surface area contributed by atoms with Crippen LogP contribution >= 0.6 is 0 Å². The zero-order valence-corrected chi connectivity index (χ0v) is 15.5. The number of hydrogen-bond acceptors (Lipinski definition) is 6. The fourth-order valence-corrected chi connectivity index (χ4v) is 3.41. The number of esters is 1. The Labute approximate surface area is 158 Å². The SMILES string of the molecule is COCCOCn1nccc1C1CC(O)CCC1OC(=O)c1ccccc1. The number of nitrogens with zero attached hydrogens (tertiary/aromatic N) is 2. The highest BCUT2D eigenvalue weighted by Gasteiger charge is 2.35. The Kier molecular flexibility index (Phi) is 6.98. The summed E-state index contributed by atoms with van der Waals surface area (Å²) < 4.78 is 18.1. The Morgan fingerprint density at radius 3 is 2.81 bits per heavy atom. The van der Waals surface area contributed by atoms with E-state index in [4.69, 9.17) is 14.2 Å². The summed E-state index contributed by atoms with van der Waals surface area (Å²) in [5, 5.41) is 14.5. The molecule has 0 amide bonds. The highest BCUT2D eigenvalue weighted by atomic mass is 16.5. The monoisotopic (exact) mass is 374 g/mol. The first-order valence-corrected chi connectivity index (χ1v) is 9.21. The van der Waals surface area contributed by atoms with Crippen molar-refractivity contribution < 1.29 is 24.1 Å². The van der Waals surface area contributed by atoms with Crippen LogP contribution in [-0.2, 0) is 20.9 Å². The van der Waals surface area contributed by atoms with Crippen molar-refractivity contribution in [2.75, 3.05) is 20.3 Å². The smallest absolute Gasteiger partial charge is 0.338 e. The molecule has 0 saturated heterocycles. The molecule has 1 aliphatic carbocycles. The summed E-state index contributed by atoms with van der Waals surface area (Å²) in [6.07, 6.45) is 2.72.